The van der Waals surface area contributed by atoms with Gasteiger partial charge in [-0.2, -0.15) is 0 Å². The van der Waals surface area contributed by atoms with Crippen LogP contribution in [-0.2, 0) is 9.53 Å². The summed E-state index contributed by atoms with van der Waals surface area (Å²) in [5.41, 5.74) is 0.349. The van der Waals surface area contributed by atoms with Gasteiger partial charge < -0.3 is 4.74 Å². The van der Waals surface area contributed by atoms with Crippen LogP contribution < -0.4 is 0 Å². The van der Waals surface area contributed by atoms with Crippen LogP contribution in [0.3, 0.4) is 0 Å². The summed E-state index contributed by atoms with van der Waals surface area (Å²) in [6.07, 6.45) is 10.3. The van der Waals surface area contributed by atoms with Crippen molar-refractivity contribution in [1.82, 2.24) is 0 Å². The van der Waals surface area contributed by atoms with E-state index in [0.29, 0.717) is 18.4 Å². The Bertz CT molecular complexity index is 312. The van der Waals surface area contributed by atoms with Crippen LogP contribution in [0.5, 0.6) is 0 Å². The molecule has 0 saturated heterocycles. The summed E-state index contributed by atoms with van der Waals surface area (Å²) in [5.74, 6) is 2.79. The van der Waals surface area contributed by atoms with Gasteiger partial charge in [0.15, 0.2) is 0 Å². The van der Waals surface area contributed by atoms with Crippen molar-refractivity contribution >= 4 is 5.97 Å². The third-order valence-corrected chi connectivity index (χ3v) is 5.68. The van der Waals surface area contributed by atoms with Gasteiger partial charge in [0.2, 0.25) is 0 Å². The molecule has 4 atom stereocenters. The van der Waals surface area contributed by atoms with Crippen molar-refractivity contribution in [2.75, 3.05) is 6.61 Å². The first-order valence-corrected chi connectivity index (χ1v) is 7.41. The van der Waals surface area contributed by atoms with Crippen LogP contribution in [0.15, 0.2) is 0 Å². The van der Waals surface area contributed by atoms with E-state index in [1.165, 1.54) is 44.9 Å². The number of hydrogen-bond donors (Lipinski definition) is 0. The van der Waals surface area contributed by atoms with Crippen LogP contribution in [0.25, 0.3) is 0 Å². The molecule has 17 heavy (non-hydrogen) atoms. The molecule has 2 heteroatoms. The summed E-state index contributed by atoms with van der Waals surface area (Å²) in [7, 11) is 0. The molecule has 0 aromatic carbocycles. The molecule has 0 bridgehead atoms. The largest absolute Gasteiger partial charge is 0.466 e. The minimum absolute atomic E-state index is 0.0550. The first kappa shape index (κ1) is 11.6. The molecule has 0 spiro atoms. The van der Waals surface area contributed by atoms with E-state index < -0.39 is 0 Å². The first-order valence-electron chi connectivity index (χ1n) is 7.41. The third-order valence-electron chi connectivity index (χ3n) is 5.68. The van der Waals surface area contributed by atoms with E-state index in [1.54, 1.807) is 0 Å². The Balaban J connectivity index is 1.74. The highest BCUT2D eigenvalue weighted by Crippen LogP contribution is 2.64. The average molecular weight is 236 g/mol. The maximum Gasteiger partial charge on any atom is 0.306 e. The second kappa shape index (κ2) is 4.29. The maximum absolute atomic E-state index is 11.8. The van der Waals surface area contributed by atoms with Crippen LogP contribution in [0.4, 0.5) is 0 Å². The van der Waals surface area contributed by atoms with Crippen LogP contribution in [-0.4, -0.2) is 12.6 Å². The Labute approximate surface area is 104 Å². The van der Waals surface area contributed by atoms with Crippen molar-refractivity contribution in [3.8, 4) is 0 Å². The van der Waals surface area contributed by atoms with Crippen LogP contribution in [0.2, 0.25) is 0 Å². The van der Waals surface area contributed by atoms with Gasteiger partial charge in [0.1, 0.15) is 0 Å². The predicted octanol–water partition coefficient (Wildman–Crippen LogP) is 3.55. The SMILES string of the molecule is CCOC(=O)CC12CCCC1C1CCCC1C2. The molecule has 2 nitrogen and oxygen atoms in total. The summed E-state index contributed by atoms with van der Waals surface area (Å²) < 4.78 is 5.19. The van der Waals surface area contributed by atoms with Gasteiger partial charge in [0.25, 0.3) is 0 Å². The number of ether oxygens (including phenoxy) is 1. The predicted molar refractivity (Wildman–Crippen MR) is 66.5 cm³/mol. The van der Waals surface area contributed by atoms with Crippen molar-refractivity contribution in [3.63, 3.8) is 0 Å². The molecular weight excluding hydrogens is 212 g/mol. The highest BCUT2D eigenvalue weighted by Gasteiger charge is 2.56. The second-order valence-corrected chi connectivity index (χ2v) is 6.40. The molecule has 96 valence electrons. The van der Waals surface area contributed by atoms with E-state index in [1.807, 2.05) is 6.92 Å². The number of carbonyl (C=O) groups is 1. The molecule has 0 radical (unpaired) electrons. The number of carbonyl (C=O) groups excluding carboxylic acids is 1. The number of rotatable bonds is 3. The molecule has 3 aliphatic carbocycles. The van der Waals surface area contributed by atoms with E-state index in [0.717, 1.165) is 17.8 Å². The van der Waals surface area contributed by atoms with Crippen LogP contribution >= 0.6 is 0 Å². The lowest BCUT2D eigenvalue weighted by atomic mass is 9.75. The molecule has 3 rings (SSSR count). The first-order chi connectivity index (χ1) is 8.25. The molecule has 3 aliphatic rings. The van der Waals surface area contributed by atoms with E-state index >= 15 is 0 Å². The van der Waals surface area contributed by atoms with Crippen molar-refractivity contribution in [1.29, 1.82) is 0 Å². The molecule has 3 saturated carbocycles. The van der Waals surface area contributed by atoms with E-state index in [-0.39, 0.29) is 5.97 Å². The fourth-order valence-electron chi connectivity index (χ4n) is 5.25. The van der Waals surface area contributed by atoms with Crippen molar-refractivity contribution in [3.05, 3.63) is 0 Å². The van der Waals surface area contributed by atoms with Gasteiger partial charge in [-0.15, -0.1) is 0 Å². The Morgan fingerprint density at radius 3 is 3.00 bits per heavy atom. The van der Waals surface area contributed by atoms with Gasteiger partial charge in [0, 0.05) is 0 Å². The smallest absolute Gasteiger partial charge is 0.306 e. The minimum Gasteiger partial charge on any atom is -0.466 e. The molecule has 0 N–H and O–H groups in total. The molecule has 0 amide bonds. The highest BCUT2D eigenvalue weighted by molar-refractivity contribution is 5.70. The molecular formula is C15H24O2. The molecule has 0 heterocycles. The topological polar surface area (TPSA) is 26.3 Å². The average Bonchev–Trinajstić information content (AvgIpc) is 2.88. The zero-order chi connectivity index (χ0) is 11.9. The van der Waals surface area contributed by atoms with E-state index in [4.69, 9.17) is 4.74 Å². The Hall–Kier alpha value is -0.530. The van der Waals surface area contributed by atoms with Gasteiger partial charge in [0.05, 0.1) is 13.0 Å². The summed E-state index contributed by atoms with van der Waals surface area (Å²) >= 11 is 0. The molecule has 0 aliphatic heterocycles. The summed E-state index contributed by atoms with van der Waals surface area (Å²) in [6, 6.07) is 0. The summed E-state index contributed by atoms with van der Waals surface area (Å²) in [6.45, 7) is 2.44. The standard InChI is InChI=1S/C15H24O2/c1-2-17-14(16)10-15-8-4-7-13(15)12-6-3-5-11(12)9-15/h11-13H,2-10H2,1H3. The quantitative estimate of drug-likeness (QED) is 0.700. The van der Waals surface area contributed by atoms with Gasteiger partial charge in [-0.25, -0.2) is 0 Å². The molecule has 0 aromatic rings. The van der Waals surface area contributed by atoms with Crippen LogP contribution in [0.1, 0.15) is 58.3 Å². The van der Waals surface area contributed by atoms with Crippen molar-refractivity contribution < 1.29 is 9.53 Å². The molecule has 4 unspecified atom stereocenters. The van der Waals surface area contributed by atoms with Gasteiger partial charge in [-0.3, -0.25) is 4.79 Å². The normalized spacial score (nSPS) is 43.5. The third kappa shape index (κ3) is 1.80. The monoisotopic (exact) mass is 236 g/mol. The molecule has 3 fully saturated rings. The van der Waals surface area contributed by atoms with E-state index in [2.05, 4.69) is 0 Å². The summed E-state index contributed by atoms with van der Waals surface area (Å²) in [4.78, 5) is 11.8. The lowest BCUT2D eigenvalue weighted by molar-refractivity contribution is -0.146. The van der Waals surface area contributed by atoms with E-state index in [9.17, 15) is 4.79 Å². The lowest BCUT2D eigenvalue weighted by Gasteiger charge is -2.30. The fraction of sp³-hybridized carbons (Fsp3) is 0.933. The number of hydrogen-bond acceptors (Lipinski definition) is 2. The zero-order valence-corrected chi connectivity index (χ0v) is 10.9. The second-order valence-electron chi connectivity index (χ2n) is 6.40. The number of esters is 1. The van der Waals surface area contributed by atoms with Crippen molar-refractivity contribution in [2.45, 2.75) is 58.3 Å². The van der Waals surface area contributed by atoms with Gasteiger partial charge in [-0.05, 0) is 55.8 Å². The Kier molecular flexibility index (Phi) is 2.92. The Morgan fingerprint density at radius 1 is 1.29 bits per heavy atom. The maximum atomic E-state index is 11.8. The zero-order valence-electron chi connectivity index (χ0n) is 10.9. The van der Waals surface area contributed by atoms with Gasteiger partial charge >= 0.3 is 5.97 Å². The Morgan fingerprint density at radius 2 is 2.18 bits per heavy atom. The lowest BCUT2D eigenvalue weighted by Crippen LogP contribution is -2.27. The highest BCUT2D eigenvalue weighted by atomic mass is 16.5. The van der Waals surface area contributed by atoms with Gasteiger partial charge in [-0.1, -0.05) is 19.3 Å². The fourth-order valence-corrected chi connectivity index (χ4v) is 5.25. The van der Waals surface area contributed by atoms with Crippen molar-refractivity contribution in [2.24, 2.45) is 23.2 Å². The van der Waals surface area contributed by atoms with Crippen LogP contribution in [0, 0.1) is 23.2 Å². The summed E-state index contributed by atoms with van der Waals surface area (Å²) in [5, 5.41) is 0. The number of fused-ring (bicyclic) bond motifs is 3. The molecule has 0 aromatic heterocycles. The minimum atomic E-state index is 0.0550.